The molecule has 4 atom stereocenters. The zero-order chi connectivity index (χ0) is 22.9. The van der Waals surface area contributed by atoms with Gasteiger partial charge in [-0.3, -0.25) is 4.57 Å². The van der Waals surface area contributed by atoms with Crippen molar-refractivity contribution in [2.75, 3.05) is 18.1 Å². The van der Waals surface area contributed by atoms with Crippen LogP contribution in [0.3, 0.4) is 0 Å². The van der Waals surface area contributed by atoms with Gasteiger partial charge in [-0.1, -0.05) is 25.0 Å². The van der Waals surface area contributed by atoms with Crippen LogP contribution in [0.25, 0.3) is 11.2 Å². The molecule has 9 nitrogen and oxygen atoms in total. The Bertz CT molecular complexity index is 1230. The van der Waals surface area contributed by atoms with Crippen LogP contribution >= 0.6 is 11.6 Å². The Labute approximate surface area is 193 Å². The minimum Gasteiger partial charge on any atom is -0.394 e. The fourth-order valence-corrected chi connectivity index (χ4v) is 5.86. The highest BCUT2D eigenvalue weighted by molar-refractivity contribution is 6.28. The van der Waals surface area contributed by atoms with Gasteiger partial charge in [-0.05, 0) is 36.1 Å². The van der Waals surface area contributed by atoms with Crippen molar-refractivity contribution in [1.29, 1.82) is 0 Å². The SMILES string of the molecule is OC[C@H]1O[C@@H](n2cnc3c(N4CC5(CCCC5)c5cccc(F)c54)nc(Cl)nc32)C(O)C1O. The van der Waals surface area contributed by atoms with Gasteiger partial charge in [0.05, 0.1) is 18.6 Å². The summed E-state index contributed by atoms with van der Waals surface area (Å²) in [6.45, 7) is 0.112. The molecule has 3 aromatic rings. The number of ether oxygens (including phenoxy) is 1. The van der Waals surface area contributed by atoms with Crippen LogP contribution in [0.1, 0.15) is 37.5 Å². The molecule has 2 fully saturated rings. The number of hydrogen-bond donors (Lipinski definition) is 3. The second kappa shape index (κ2) is 7.57. The first-order valence-electron chi connectivity index (χ1n) is 11.0. The monoisotopic (exact) mass is 475 g/mol. The van der Waals surface area contributed by atoms with Crippen molar-refractivity contribution in [3.63, 3.8) is 0 Å². The number of aromatic nitrogens is 4. The van der Waals surface area contributed by atoms with Crippen LogP contribution in [-0.4, -0.2) is 66.3 Å². The number of para-hydroxylation sites is 1. The summed E-state index contributed by atoms with van der Waals surface area (Å²) >= 11 is 6.30. The van der Waals surface area contributed by atoms with Gasteiger partial charge in [0.25, 0.3) is 0 Å². The van der Waals surface area contributed by atoms with E-state index in [1.54, 1.807) is 6.07 Å². The van der Waals surface area contributed by atoms with E-state index in [9.17, 15) is 15.3 Å². The summed E-state index contributed by atoms with van der Waals surface area (Å²) in [6, 6.07) is 5.18. The molecular formula is C22H23ClFN5O4. The van der Waals surface area contributed by atoms with Crippen molar-refractivity contribution in [2.24, 2.45) is 0 Å². The third-order valence-electron chi connectivity index (χ3n) is 7.27. The molecule has 0 amide bonds. The molecule has 174 valence electrons. The lowest BCUT2D eigenvalue weighted by molar-refractivity contribution is -0.0511. The number of fused-ring (bicyclic) bond motifs is 3. The van der Waals surface area contributed by atoms with E-state index in [0.29, 0.717) is 23.6 Å². The van der Waals surface area contributed by atoms with Crippen LogP contribution in [0, 0.1) is 5.82 Å². The molecule has 2 unspecified atom stereocenters. The van der Waals surface area contributed by atoms with E-state index in [-0.39, 0.29) is 22.2 Å². The van der Waals surface area contributed by atoms with Gasteiger partial charge in [-0.25, -0.2) is 9.37 Å². The highest BCUT2D eigenvalue weighted by Crippen LogP contribution is 2.53. The van der Waals surface area contributed by atoms with Crippen LogP contribution < -0.4 is 4.90 Å². The minimum atomic E-state index is -1.30. The van der Waals surface area contributed by atoms with Gasteiger partial charge in [0.2, 0.25) is 5.28 Å². The number of hydrogen-bond acceptors (Lipinski definition) is 8. The van der Waals surface area contributed by atoms with E-state index >= 15 is 4.39 Å². The molecule has 0 radical (unpaired) electrons. The number of aliphatic hydroxyl groups is 3. The average Bonchev–Trinajstić information content (AvgIpc) is 3.57. The molecule has 33 heavy (non-hydrogen) atoms. The molecule has 0 bridgehead atoms. The maximum absolute atomic E-state index is 15.1. The molecule has 1 spiro atoms. The predicted octanol–water partition coefficient (Wildman–Crippen LogP) is 2.19. The molecule has 1 aliphatic carbocycles. The van der Waals surface area contributed by atoms with E-state index < -0.39 is 31.1 Å². The average molecular weight is 476 g/mol. The molecule has 3 aliphatic rings. The lowest BCUT2D eigenvalue weighted by atomic mass is 9.81. The fourth-order valence-electron chi connectivity index (χ4n) is 5.70. The summed E-state index contributed by atoms with van der Waals surface area (Å²) in [5.74, 6) is 0.0488. The number of aliphatic hydroxyl groups excluding tert-OH is 3. The van der Waals surface area contributed by atoms with Crippen molar-refractivity contribution in [2.45, 2.75) is 55.6 Å². The van der Waals surface area contributed by atoms with E-state index in [1.807, 2.05) is 11.0 Å². The molecule has 2 aliphatic heterocycles. The molecule has 1 aromatic carbocycles. The van der Waals surface area contributed by atoms with Gasteiger partial charge < -0.3 is 25.0 Å². The summed E-state index contributed by atoms with van der Waals surface area (Å²) < 4.78 is 22.2. The van der Waals surface area contributed by atoms with Crippen molar-refractivity contribution in [1.82, 2.24) is 19.5 Å². The van der Waals surface area contributed by atoms with Crippen molar-refractivity contribution in [3.05, 3.63) is 41.2 Å². The van der Waals surface area contributed by atoms with Crippen molar-refractivity contribution in [3.8, 4) is 0 Å². The maximum atomic E-state index is 15.1. The van der Waals surface area contributed by atoms with Crippen LogP contribution in [0.15, 0.2) is 24.5 Å². The Hall–Kier alpha value is -2.37. The van der Waals surface area contributed by atoms with Gasteiger partial charge in [-0.15, -0.1) is 0 Å². The molecule has 11 heteroatoms. The highest BCUT2D eigenvalue weighted by atomic mass is 35.5. The third-order valence-corrected chi connectivity index (χ3v) is 7.44. The van der Waals surface area contributed by atoms with Gasteiger partial charge in [0.1, 0.15) is 24.1 Å². The summed E-state index contributed by atoms with van der Waals surface area (Å²) in [6.07, 6.45) is 0.999. The number of halogens is 2. The topological polar surface area (TPSA) is 117 Å². The molecule has 6 rings (SSSR count). The Balaban J connectivity index is 1.49. The van der Waals surface area contributed by atoms with Crippen LogP contribution in [0.5, 0.6) is 0 Å². The van der Waals surface area contributed by atoms with Crippen LogP contribution in [-0.2, 0) is 10.2 Å². The molecule has 3 N–H and O–H groups in total. The van der Waals surface area contributed by atoms with Crippen LogP contribution in [0.2, 0.25) is 5.28 Å². The van der Waals surface area contributed by atoms with Gasteiger partial charge in [0, 0.05) is 12.0 Å². The summed E-state index contributed by atoms with van der Waals surface area (Å²) in [7, 11) is 0. The van der Waals surface area contributed by atoms with Gasteiger partial charge in [-0.2, -0.15) is 9.97 Å². The Morgan fingerprint density at radius 2 is 1.97 bits per heavy atom. The number of benzene rings is 1. The Kier molecular flexibility index (Phi) is 4.86. The number of imidazole rings is 1. The molecule has 4 heterocycles. The summed E-state index contributed by atoms with van der Waals surface area (Å²) in [5.41, 5.74) is 1.97. The Morgan fingerprint density at radius 1 is 1.18 bits per heavy atom. The van der Waals surface area contributed by atoms with Crippen LogP contribution in [0.4, 0.5) is 15.9 Å². The standard InChI is InChI=1S/C22H23ClFN5O4/c23-21-26-18(28-9-22(6-1-2-7-22)11-4-3-5-12(24)15(11)28)14-19(27-21)29(10-25-14)20-17(32)16(31)13(8-30)33-20/h3-5,10,13,16-17,20,30-32H,1-2,6-9H2/t13-,16?,17?,20-/m1/s1. The second-order valence-corrected chi connectivity index (χ2v) is 9.42. The summed E-state index contributed by atoms with van der Waals surface area (Å²) in [5, 5.41) is 30.0. The molecule has 1 saturated heterocycles. The van der Waals surface area contributed by atoms with E-state index in [0.717, 1.165) is 31.2 Å². The first-order chi connectivity index (χ1) is 15.9. The van der Waals surface area contributed by atoms with Gasteiger partial charge in [0.15, 0.2) is 23.2 Å². The van der Waals surface area contributed by atoms with E-state index in [4.69, 9.17) is 16.3 Å². The first-order valence-corrected chi connectivity index (χ1v) is 11.4. The lowest BCUT2D eigenvalue weighted by Crippen LogP contribution is -2.33. The zero-order valence-corrected chi connectivity index (χ0v) is 18.4. The smallest absolute Gasteiger partial charge is 0.226 e. The van der Waals surface area contributed by atoms with E-state index in [1.165, 1.54) is 17.0 Å². The Morgan fingerprint density at radius 3 is 2.70 bits per heavy atom. The fraction of sp³-hybridized carbons (Fsp3) is 0.500. The maximum Gasteiger partial charge on any atom is 0.226 e. The van der Waals surface area contributed by atoms with Gasteiger partial charge >= 0.3 is 0 Å². The third kappa shape index (κ3) is 3.01. The number of rotatable bonds is 3. The largest absolute Gasteiger partial charge is 0.394 e. The number of anilines is 2. The van der Waals surface area contributed by atoms with E-state index in [2.05, 4.69) is 15.0 Å². The molecular weight excluding hydrogens is 453 g/mol. The zero-order valence-electron chi connectivity index (χ0n) is 17.6. The molecule has 2 aromatic heterocycles. The first kappa shape index (κ1) is 21.2. The second-order valence-electron chi connectivity index (χ2n) is 9.08. The molecule has 1 saturated carbocycles. The quantitative estimate of drug-likeness (QED) is 0.494. The van der Waals surface area contributed by atoms with Crippen molar-refractivity contribution >= 4 is 34.3 Å². The van der Waals surface area contributed by atoms with Crippen molar-refractivity contribution < 1.29 is 24.4 Å². The normalized spacial score (nSPS) is 28.3. The minimum absolute atomic E-state index is 0.0590. The summed E-state index contributed by atoms with van der Waals surface area (Å²) in [4.78, 5) is 15.0. The predicted molar refractivity (Wildman–Crippen MR) is 117 cm³/mol. The lowest BCUT2D eigenvalue weighted by Gasteiger charge is -2.25. The highest BCUT2D eigenvalue weighted by Gasteiger charge is 2.48. The number of nitrogens with zero attached hydrogens (tertiary/aromatic N) is 5.